The van der Waals surface area contributed by atoms with Gasteiger partial charge in [0.2, 0.25) is 17.7 Å². The summed E-state index contributed by atoms with van der Waals surface area (Å²) in [5.74, 6) is -1.39. The van der Waals surface area contributed by atoms with Crippen LogP contribution in [0.2, 0.25) is 0 Å². The molecule has 1 atom stereocenters. The molecule has 0 unspecified atom stereocenters. The molecule has 0 radical (unpaired) electrons. The molecule has 1 saturated heterocycles. The normalized spacial score (nSPS) is 18.1. The van der Waals surface area contributed by atoms with Crippen molar-refractivity contribution in [1.29, 1.82) is 0 Å². The number of nitrogens with zero attached hydrogens (tertiary/aromatic N) is 2. The zero-order chi connectivity index (χ0) is 20.5. The van der Waals surface area contributed by atoms with E-state index in [4.69, 9.17) is 5.73 Å². The molecule has 1 fully saturated rings. The van der Waals surface area contributed by atoms with Crippen LogP contribution in [-0.2, 0) is 9.59 Å². The van der Waals surface area contributed by atoms with E-state index in [1.54, 1.807) is 41.3 Å². The largest absolute Gasteiger partial charge is 0.366 e. The number of hydrogen-bond donors (Lipinski definition) is 2. The minimum atomic E-state index is -0.555. The summed E-state index contributed by atoms with van der Waals surface area (Å²) in [5.41, 5.74) is 6.89. The summed E-state index contributed by atoms with van der Waals surface area (Å²) in [6.45, 7) is 0.320. The second kappa shape index (κ2) is 7.38. The van der Waals surface area contributed by atoms with Crippen LogP contribution in [0.15, 0.2) is 48.5 Å². The summed E-state index contributed by atoms with van der Waals surface area (Å²) in [4.78, 5) is 52.8. The first kappa shape index (κ1) is 18.7. The molecule has 0 saturated carbocycles. The number of hydrogen-bond acceptors (Lipinski definition) is 4. The Kier molecular flexibility index (Phi) is 4.75. The van der Waals surface area contributed by atoms with Crippen LogP contribution in [0.5, 0.6) is 0 Å². The highest BCUT2D eigenvalue weighted by atomic mass is 16.2. The van der Waals surface area contributed by atoms with Gasteiger partial charge in [-0.1, -0.05) is 12.1 Å². The Morgan fingerprint density at radius 1 is 1.07 bits per heavy atom. The molecule has 3 N–H and O–H groups in total. The van der Waals surface area contributed by atoms with Crippen molar-refractivity contribution >= 4 is 35.0 Å². The van der Waals surface area contributed by atoms with Gasteiger partial charge in [0.05, 0.1) is 11.3 Å². The number of nitrogens with one attached hydrogen (secondary N) is 1. The predicted octanol–water partition coefficient (Wildman–Crippen LogP) is 1.38. The molecular formula is C21H20N4O4. The van der Waals surface area contributed by atoms with Gasteiger partial charge in [0, 0.05) is 17.8 Å². The summed E-state index contributed by atoms with van der Waals surface area (Å²) in [7, 11) is 0. The van der Waals surface area contributed by atoms with Crippen molar-refractivity contribution in [2.24, 2.45) is 5.73 Å². The van der Waals surface area contributed by atoms with Crippen LogP contribution in [0.25, 0.3) is 0 Å². The van der Waals surface area contributed by atoms with E-state index in [2.05, 4.69) is 5.32 Å². The molecule has 4 amide bonds. The summed E-state index contributed by atoms with van der Waals surface area (Å²) in [5, 5.41) is 2.71. The molecule has 0 bridgehead atoms. The van der Waals surface area contributed by atoms with Gasteiger partial charge in [0.1, 0.15) is 12.6 Å². The second-order valence-corrected chi connectivity index (χ2v) is 7.09. The van der Waals surface area contributed by atoms with Gasteiger partial charge >= 0.3 is 0 Å². The number of para-hydroxylation sites is 1. The molecule has 8 heteroatoms. The first-order valence-corrected chi connectivity index (χ1v) is 9.37. The minimum absolute atomic E-state index is 0.179. The second-order valence-electron chi connectivity index (χ2n) is 7.09. The number of amides is 4. The lowest BCUT2D eigenvalue weighted by Crippen LogP contribution is -2.47. The third kappa shape index (κ3) is 3.44. The van der Waals surface area contributed by atoms with Crippen molar-refractivity contribution in [3.63, 3.8) is 0 Å². The van der Waals surface area contributed by atoms with Crippen LogP contribution in [-0.4, -0.2) is 47.7 Å². The van der Waals surface area contributed by atoms with E-state index in [-0.39, 0.29) is 18.4 Å². The van der Waals surface area contributed by atoms with Crippen LogP contribution in [0, 0.1) is 0 Å². The number of rotatable bonds is 4. The maximum atomic E-state index is 13.1. The van der Waals surface area contributed by atoms with Gasteiger partial charge in [0.15, 0.2) is 0 Å². The molecule has 2 aliphatic rings. The Labute approximate surface area is 167 Å². The van der Waals surface area contributed by atoms with E-state index in [0.29, 0.717) is 35.5 Å². The first-order chi connectivity index (χ1) is 14.0. The molecule has 2 heterocycles. The number of nitrogens with two attached hydrogens (primary N) is 1. The molecular weight excluding hydrogens is 372 g/mol. The number of anilines is 2. The van der Waals surface area contributed by atoms with Crippen molar-refractivity contribution in [1.82, 2.24) is 4.90 Å². The standard InChI is InChI=1S/C21H20N4O4/c22-19(27)13-7-9-14(10-8-13)23-18(26)12-25-16-5-2-1-4-15(16)20(28)24-11-3-6-17(24)21(25)29/h1-2,4-5,7-10,17H,3,6,11-12H2,(H2,22,27)(H,23,26)/t17-/m0/s1. The molecule has 29 heavy (non-hydrogen) atoms. The molecule has 4 rings (SSSR count). The van der Waals surface area contributed by atoms with Gasteiger partial charge in [0.25, 0.3) is 5.91 Å². The van der Waals surface area contributed by atoms with Crippen molar-refractivity contribution < 1.29 is 19.2 Å². The third-order valence-corrected chi connectivity index (χ3v) is 5.24. The summed E-state index contributed by atoms with van der Waals surface area (Å²) >= 11 is 0. The molecule has 2 aromatic carbocycles. The first-order valence-electron chi connectivity index (χ1n) is 9.37. The maximum Gasteiger partial charge on any atom is 0.256 e. The van der Waals surface area contributed by atoms with Crippen molar-refractivity contribution in [3.8, 4) is 0 Å². The highest BCUT2D eigenvalue weighted by molar-refractivity contribution is 6.13. The van der Waals surface area contributed by atoms with Gasteiger partial charge in [-0.15, -0.1) is 0 Å². The lowest BCUT2D eigenvalue weighted by Gasteiger charge is -2.25. The van der Waals surface area contributed by atoms with E-state index < -0.39 is 17.9 Å². The Bertz CT molecular complexity index is 1000. The lowest BCUT2D eigenvalue weighted by atomic mass is 10.1. The molecule has 2 aliphatic heterocycles. The van der Waals surface area contributed by atoms with Crippen LogP contribution < -0.4 is 16.0 Å². The number of primary amides is 1. The van der Waals surface area contributed by atoms with Crippen LogP contribution in [0.4, 0.5) is 11.4 Å². The van der Waals surface area contributed by atoms with Gasteiger partial charge in [-0.05, 0) is 49.2 Å². The van der Waals surface area contributed by atoms with Crippen molar-refractivity contribution in [2.75, 3.05) is 23.3 Å². The molecule has 148 valence electrons. The number of fused-ring (bicyclic) bond motifs is 2. The zero-order valence-corrected chi connectivity index (χ0v) is 15.6. The predicted molar refractivity (Wildman–Crippen MR) is 106 cm³/mol. The summed E-state index contributed by atoms with van der Waals surface area (Å²) in [6.07, 6.45) is 1.35. The van der Waals surface area contributed by atoms with E-state index >= 15 is 0 Å². The Hall–Kier alpha value is -3.68. The summed E-state index contributed by atoms with van der Waals surface area (Å²) < 4.78 is 0. The van der Waals surface area contributed by atoms with Gasteiger partial charge in [-0.3, -0.25) is 19.2 Å². The fourth-order valence-corrected chi connectivity index (χ4v) is 3.83. The average Bonchev–Trinajstić information content (AvgIpc) is 3.19. The smallest absolute Gasteiger partial charge is 0.256 e. The van der Waals surface area contributed by atoms with E-state index in [1.165, 1.54) is 17.0 Å². The highest BCUT2D eigenvalue weighted by Gasteiger charge is 2.42. The molecule has 2 aromatic rings. The van der Waals surface area contributed by atoms with Gasteiger partial charge in [-0.2, -0.15) is 0 Å². The monoisotopic (exact) mass is 392 g/mol. The average molecular weight is 392 g/mol. The van der Waals surface area contributed by atoms with Crippen molar-refractivity contribution in [2.45, 2.75) is 18.9 Å². The number of carbonyl (C=O) groups is 4. The fourth-order valence-electron chi connectivity index (χ4n) is 3.83. The summed E-state index contributed by atoms with van der Waals surface area (Å²) in [6, 6.07) is 12.5. The van der Waals surface area contributed by atoms with E-state index in [1.807, 2.05) is 0 Å². The Morgan fingerprint density at radius 2 is 1.79 bits per heavy atom. The SMILES string of the molecule is NC(=O)c1ccc(NC(=O)CN2C(=O)[C@@H]3CCCN3C(=O)c3ccccc32)cc1. The molecule has 0 aromatic heterocycles. The fraction of sp³-hybridized carbons (Fsp3) is 0.238. The van der Waals surface area contributed by atoms with Crippen LogP contribution in [0.1, 0.15) is 33.6 Å². The van der Waals surface area contributed by atoms with Crippen LogP contribution in [0.3, 0.4) is 0 Å². The molecule has 0 aliphatic carbocycles. The lowest BCUT2D eigenvalue weighted by molar-refractivity contribution is -0.124. The van der Waals surface area contributed by atoms with Crippen LogP contribution >= 0.6 is 0 Å². The number of carbonyl (C=O) groups excluding carboxylic acids is 4. The van der Waals surface area contributed by atoms with E-state index in [9.17, 15) is 19.2 Å². The van der Waals surface area contributed by atoms with E-state index in [0.717, 1.165) is 6.42 Å². The van der Waals surface area contributed by atoms with Crippen molar-refractivity contribution in [3.05, 3.63) is 59.7 Å². The maximum absolute atomic E-state index is 13.1. The van der Waals surface area contributed by atoms with Gasteiger partial charge < -0.3 is 20.9 Å². The topological polar surface area (TPSA) is 113 Å². The Balaban J connectivity index is 1.58. The quantitative estimate of drug-likeness (QED) is 0.818. The number of benzene rings is 2. The molecule has 0 spiro atoms. The molecule has 8 nitrogen and oxygen atoms in total. The highest BCUT2D eigenvalue weighted by Crippen LogP contribution is 2.32. The minimum Gasteiger partial charge on any atom is -0.366 e. The Morgan fingerprint density at radius 3 is 2.52 bits per heavy atom. The van der Waals surface area contributed by atoms with Gasteiger partial charge in [-0.25, -0.2) is 0 Å². The zero-order valence-electron chi connectivity index (χ0n) is 15.6. The third-order valence-electron chi connectivity index (χ3n) is 5.24.